The van der Waals surface area contributed by atoms with Crippen molar-refractivity contribution in [3.8, 4) is 0 Å². The van der Waals surface area contributed by atoms with Crippen LogP contribution in [-0.2, 0) is 4.79 Å². The van der Waals surface area contributed by atoms with E-state index < -0.39 is 5.97 Å². The molecule has 2 unspecified atom stereocenters. The zero-order chi connectivity index (χ0) is 12.7. The van der Waals surface area contributed by atoms with Crippen molar-refractivity contribution in [2.24, 2.45) is 5.92 Å². The summed E-state index contributed by atoms with van der Waals surface area (Å²) < 4.78 is 6.29. The number of hydrogen-bond donors (Lipinski definition) is 2. The maximum Gasteiger partial charge on any atom is 0.307 e. The Morgan fingerprint density at radius 3 is 3.06 bits per heavy atom. The van der Waals surface area contributed by atoms with Gasteiger partial charge in [-0.2, -0.15) is 0 Å². The van der Waals surface area contributed by atoms with E-state index in [1.54, 1.807) is 6.26 Å². The topological polar surface area (TPSA) is 62.5 Å². The van der Waals surface area contributed by atoms with E-state index in [0.717, 1.165) is 21.0 Å². The lowest BCUT2D eigenvalue weighted by atomic mass is 9.99. The fraction of sp³-hybridized carbons (Fsp3) is 0.308. The third-order valence-electron chi connectivity index (χ3n) is 3.43. The highest BCUT2D eigenvalue weighted by atomic mass is 79.9. The molecule has 2 heterocycles. The second-order valence-corrected chi connectivity index (χ2v) is 5.43. The summed E-state index contributed by atoms with van der Waals surface area (Å²) in [7, 11) is 0. The summed E-state index contributed by atoms with van der Waals surface area (Å²) in [6, 6.07) is 6.06. The number of carboxylic acids is 1. The molecule has 0 aliphatic carbocycles. The number of furan rings is 1. The SMILES string of the molecule is O=C(O)C1CNC(c2ccc3occ(Br)c3c2)C1. The Kier molecular flexibility index (Phi) is 2.87. The molecule has 1 aliphatic heterocycles. The van der Waals surface area contributed by atoms with Crippen LogP contribution >= 0.6 is 15.9 Å². The summed E-state index contributed by atoms with van der Waals surface area (Å²) in [6.07, 6.45) is 2.30. The van der Waals surface area contributed by atoms with Gasteiger partial charge in [-0.3, -0.25) is 4.79 Å². The zero-order valence-corrected chi connectivity index (χ0v) is 11.1. The number of rotatable bonds is 2. The molecule has 0 amide bonds. The minimum atomic E-state index is -0.726. The van der Waals surface area contributed by atoms with Gasteiger partial charge < -0.3 is 14.8 Å². The van der Waals surface area contributed by atoms with Crippen molar-refractivity contribution >= 4 is 32.9 Å². The summed E-state index contributed by atoms with van der Waals surface area (Å²) in [4.78, 5) is 10.9. The number of aliphatic carboxylic acids is 1. The largest absolute Gasteiger partial charge is 0.481 e. The van der Waals surface area contributed by atoms with Crippen molar-refractivity contribution in [1.29, 1.82) is 0 Å². The van der Waals surface area contributed by atoms with E-state index in [1.807, 2.05) is 18.2 Å². The zero-order valence-electron chi connectivity index (χ0n) is 9.52. The average Bonchev–Trinajstić information content (AvgIpc) is 2.96. The number of nitrogens with one attached hydrogen (secondary N) is 1. The molecule has 1 aromatic carbocycles. The first-order valence-electron chi connectivity index (χ1n) is 5.78. The van der Waals surface area contributed by atoms with E-state index >= 15 is 0 Å². The van der Waals surface area contributed by atoms with Crippen LogP contribution < -0.4 is 5.32 Å². The van der Waals surface area contributed by atoms with Gasteiger partial charge in [0.1, 0.15) is 11.8 Å². The van der Waals surface area contributed by atoms with E-state index in [0.29, 0.717) is 13.0 Å². The molecule has 94 valence electrons. The van der Waals surface area contributed by atoms with Gasteiger partial charge in [0.05, 0.1) is 10.4 Å². The summed E-state index contributed by atoms with van der Waals surface area (Å²) in [5.41, 5.74) is 1.94. The molecular formula is C13H12BrNO3. The molecule has 0 spiro atoms. The lowest BCUT2D eigenvalue weighted by Crippen LogP contribution is -2.17. The maximum absolute atomic E-state index is 10.9. The monoisotopic (exact) mass is 309 g/mol. The Balaban J connectivity index is 1.91. The summed E-state index contributed by atoms with van der Waals surface area (Å²) in [5, 5.41) is 13.3. The molecule has 0 radical (unpaired) electrons. The third kappa shape index (κ3) is 1.93. The lowest BCUT2D eigenvalue weighted by molar-refractivity contribution is -0.141. The molecule has 1 fully saturated rings. The van der Waals surface area contributed by atoms with Crippen LogP contribution in [0, 0.1) is 5.92 Å². The highest BCUT2D eigenvalue weighted by Crippen LogP contribution is 2.32. The molecule has 18 heavy (non-hydrogen) atoms. The van der Waals surface area contributed by atoms with Gasteiger partial charge in [0.15, 0.2) is 0 Å². The minimum absolute atomic E-state index is 0.109. The van der Waals surface area contributed by atoms with Gasteiger partial charge in [0, 0.05) is 18.0 Å². The smallest absolute Gasteiger partial charge is 0.307 e. The molecule has 1 aromatic heterocycles. The van der Waals surface area contributed by atoms with Gasteiger partial charge in [-0.1, -0.05) is 6.07 Å². The molecule has 0 bridgehead atoms. The normalized spacial score (nSPS) is 23.6. The number of halogens is 1. The fourth-order valence-corrected chi connectivity index (χ4v) is 2.81. The van der Waals surface area contributed by atoms with Gasteiger partial charge in [0.2, 0.25) is 0 Å². The van der Waals surface area contributed by atoms with E-state index in [9.17, 15) is 4.79 Å². The molecule has 2 atom stereocenters. The number of benzene rings is 1. The van der Waals surface area contributed by atoms with Crippen molar-refractivity contribution in [1.82, 2.24) is 5.32 Å². The summed E-state index contributed by atoms with van der Waals surface area (Å²) in [6.45, 7) is 0.532. The second-order valence-electron chi connectivity index (χ2n) is 4.57. The number of carbonyl (C=O) groups is 1. The predicted molar refractivity (Wildman–Crippen MR) is 70.4 cm³/mol. The van der Waals surface area contributed by atoms with Crippen molar-refractivity contribution in [3.05, 3.63) is 34.5 Å². The van der Waals surface area contributed by atoms with Crippen molar-refractivity contribution in [3.63, 3.8) is 0 Å². The minimum Gasteiger partial charge on any atom is -0.481 e. The van der Waals surface area contributed by atoms with Crippen LogP contribution in [0.25, 0.3) is 11.0 Å². The van der Waals surface area contributed by atoms with Crippen molar-refractivity contribution < 1.29 is 14.3 Å². The van der Waals surface area contributed by atoms with Crippen molar-refractivity contribution in [2.45, 2.75) is 12.5 Å². The molecule has 1 aliphatic rings. The van der Waals surface area contributed by atoms with E-state index in [-0.39, 0.29) is 12.0 Å². The van der Waals surface area contributed by atoms with Gasteiger partial charge >= 0.3 is 5.97 Å². The van der Waals surface area contributed by atoms with E-state index in [4.69, 9.17) is 9.52 Å². The highest BCUT2D eigenvalue weighted by molar-refractivity contribution is 9.10. The van der Waals surface area contributed by atoms with Gasteiger partial charge in [-0.05, 0) is 40.0 Å². The number of hydrogen-bond acceptors (Lipinski definition) is 3. The number of fused-ring (bicyclic) bond motifs is 1. The Labute approximate surface area is 112 Å². The number of carboxylic acid groups (broad SMARTS) is 1. The van der Waals surface area contributed by atoms with Crippen LogP contribution in [0.4, 0.5) is 0 Å². The fourth-order valence-electron chi connectivity index (χ4n) is 2.41. The van der Waals surface area contributed by atoms with Crippen LogP contribution in [0.3, 0.4) is 0 Å². The molecule has 3 rings (SSSR count). The Morgan fingerprint density at radius 2 is 2.33 bits per heavy atom. The van der Waals surface area contributed by atoms with Crippen LogP contribution in [0.2, 0.25) is 0 Å². The molecule has 2 aromatic rings. The lowest BCUT2D eigenvalue weighted by Gasteiger charge is -2.10. The standard InChI is InChI=1S/C13H12BrNO3/c14-10-6-18-12-2-1-7(3-9(10)12)11-4-8(5-15-11)13(16)17/h1-3,6,8,11,15H,4-5H2,(H,16,17). The quantitative estimate of drug-likeness (QED) is 0.895. The molecule has 0 saturated carbocycles. The first-order chi connectivity index (χ1) is 8.65. The maximum atomic E-state index is 10.9. The Morgan fingerprint density at radius 1 is 1.50 bits per heavy atom. The van der Waals surface area contributed by atoms with E-state index in [2.05, 4.69) is 21.2 Å². The van der Waals surface area contributed by atoms with Crippen LogP contribution in [0.5, 0.6) is 0 Å². The Hall–Kier alpha value is -1.33. The second kappa shape index (κ2) is 4.40. The third-order valence-corrected chi connectivity index (χ3v) is 4.05. The first-order valence-corrected chi connectivity index (χ1v) is 6.57. The van der Waals surface area contributed by atoms with Crippen LogP contribution in [0.15, 0.2) is 33.4 Å². The molecule has 4 nitrogen and oxygen atoms in total. The van der Waals surface area contributed by atoms with Gasteiger partial charge in [-0.15, -0.1) is 0 Å². The molecule has 5 heteroatoms. The summed E-state index contributed by atoms with van der Waals surface area (Å²) in [5.74, 6) is -1.02. The molecule has 2 N–H and O–H groups in total. The van der Waals surface area contributed by atoms with E-state index in [1.165, 1.54) is 0 Å². The predicted octanol–water partition coefficient (Wildman–Crippen LogP) is 2.93. The Bertz CT molecular complexity index is 607. The van der Waals surface area contributed by atoms with Gasteiger partial charge in [0.25, 0.3) is 0 Å². The highest BCUT2D eigenvalue weighted by Gasteiger charge is 2.30. The van der Waals surface area contributed by atoms with Crippen LogP contribution in [0.1, 0.15) is 18.0 Å². The molecule has 1 saturated heterocycles. The first kappa shape index (κ1) is 11.7. The van der Waals surface area contributed by atoms with Crippen LogP contribution in [-0.4, -0.2) is 17.6 Å². The van der Waals surface area contributed by atoms with Gasteiger partial charge in [-0.25, -0.2) is 0 Å². The average molecular weight is 310 g/mol. The van der Waals surface area contributed by atoms with Crippen molar-refractivity contribution in [2.75, 3.05) is 6.54 Å². The molecular weight excluding hydrogens is 298 g/mol. The summed E-state index contributed by atoms with van der Waals surface area (Å²) >= 11 is 3.44.